The van der Waals surface area contributed by atoms with Crippen molar-refractivity contribution < 1.29 is 13.6 Å². The van der Waals surface area contributed by atoms with E-state index in [4.69, 9.17) is 0 Å². The van der Waals surface area contributed by atoms with Crippen LogP contribution in [0.2, 0.25) is 0 Å². The summed E-state index contributed by atoms with van der Waals surface area (Å²) in [6, 6.07) is 2.96. The molecule has 2 rings (SSSR count). The van der Waals surface area contributed by atoms with Crippen LogP contribution in [0.5, 0.6) is 0 Å². The van der Waals surface area contributed by atoms with E-state index in [1.54, 1.807) is 12.4 Å². The van der Waals surface area contributed by atoms with E-state index in [9.17, 15) is 13.6 Å². The lowest BCUT2D eigenvalue weighted by molar-refractivity contribution is 0.0985. The van der Waals surface area contributed by atoms with Gasteiger partial charge in [-0.1, -0.05) is 6.92 Å². The Hall–Kier alpha value is -2.04. The van der Waals surface area contributed by atoms with Crippen LogP contribution < -0.4 is 0 Å². The number of hydrogen-bond donors (Lipinski definition) is 0. The van der Waals surface area contributed by atoms with E-state index in [-0.39, 0.29) is 12.0 Å². The summed E-state index contributed by atoms with van der Waals surface area (Å²) >= 11 is 0. The second-order valence-corrected chi connectivity index (χ2v) is 4.26. The molecule has 0 aliphatic heterocycles. The summed E-state index contributed by atoms with van der Waals surface area (Å²) in [4.78, 5) is 16.1. The molecule has 0 saturated heterocycles. The molecule has 0 spiro atoms. The molecule has 3 nitrogen and oxygen atoms in total. The fraction of sp³-hybridized carbons (Fsp3) is 0.286. The number of benzene rings is 1. The second kappa shape index (κ2) is 5.73. The van der Waals surface area contributed by atoms with Crippen LogP contribution in [0.3, 0.4) is 0 Å². The quantitative estimate of drug-likeness (QED) is 0.778. The Morgan fingerprint density at radius 1 is 1.37 bits per heavy atom. The number of carbonyl (C=O) groups excluding carboxylic acids is 1. The molecule has 1 aromatic carbocycles. The van der Waals surface area contributed by atoms with Crippen LogP contribution in [0, 0.1) is 11.6 Å². The van der Waals surface area contributed by atoms with Crippen LogP contribution in [0.1, 0.15) is 29.5 Å². The SMILES string of the molecule is CCCn1ccnc1CC(=O)c1ccc(F)cc1F. The average Bonchev–Trinajstić information content (AvgIpc) is 2.77. The molecule has 0 saturated carbocycles. The molecule has 5 heteroatoms. The molecule has 1 aromatic heterocycles. The summed E-state index contributed by atoms with van der Waals surface area (Å²) in [5.74, 6) is -1.34. The first-order valence-electron chi connectivity index (χ1n) is 6.10. The van der Waals surface area contributed by atoms with Crippen LogP contribution in [0.25, 0.3) is 0 Å². The molecule has 0 unspecified atom stereocenters. The molecule has 0 radical (unpaired) electrons. The van der Waals surface area contributed by atoms with Gasteiger partial charge in [-0.05, 0) is 18.6 Å². The lowest BCUT2D eigenvalue weighted by Crippen LogP contribution is -2.11. The first-order valence-corrected chi connectivity index (χ1v) is 6.10. The van der Waals surface area contributed by atoms with Crippen molar-refractivity contribution in [1.29, 1.82) is 0 Å². The Bertz CT molecular complexity index is 593. The van der Waals surface area contributed by atoms with Crippen LogP contribution in [0.4, 0.5) is 8.78 Å². The van der Waals surface area contributed by atoms with E-state index in [1.807, 2.05) is 11.5 Å². The molecular formula is C14H14F2N2O. The Balaban J connectivity index is 2.18. The van der Waals surface area contributed by atoms with E-state index < -0.39 is 17.4 Å². The topological polar surface area (TPSA) is 34.9 Å². The van der Waals surface area contributed by atoms with Gasteiger partial charge in [-0.15, -0.1) is 0 Å². The third kappa shape index (κ3) is 3.05. The highest BCUT2D eigenvalue weighted by Crippen LogP contribution is 2.13. The minimum absolute atomic E-state index is 0.00948. The van der Waals surface area contributed by atoms with E-state index in [2.05, 4.69) is 4.98 Å². The van der Waals surface area contributed by atoms with Crippen molar-refractivity contribution in [2.75, 3.05) is 0 Å². The molecule has 100 valence electrons. The average molecular weight is 264 g/mol. The first kappa shape index (κ1) is 13.4. The summed E-state index contributed by atoms with van der Waals surface area (Å²) in [5.41, 5.74) is -0.104. The fourth-order valence-corrected chi connectivity index (χ4v) is 1.91. The maximum absolute atomic E-state index is 13.5. The number of rotatable bonds is 5. The van der Waals surface area contributed by atoms with Crippen LogP contribution in [-0.2, 0) is 13.0 Å². The van der Waals surface area contributed by atoms with Crippen molar-refractivity contribution >= 4 is 5.78 Å². The highest BCUT2D eigenvalue weighted by Gasteiger charge is 2.15. The number of hydrogen-bond acceptors (Lipinski definition) is 2. The van der Waals surface area contributed by atoms with E-state index in [0.717, 1.165) is 19.0 Å². The monoisotopic (exact) mass is 264 g/mol. The van der Waals surface area contributed by atoms with Crippen LogP contribution in [0.15, 0.2) is 30.6 Å². The number of aromatic nitrogens is 2. The van der Waals surface area contributed by atoms with E-state index >= 15 is 0 Å². The van der Waals surface area contributed by atoms with Gasteiger partial charge in [0.2, 0.25) is 0 Å². The smallest absolute Gasteiger partial charge is 0.173 e. The van der Waals surface area contributed by atoms with Gasteiger partial charge in [0.15, 0.2) is 5.78 Å². The van der Waals surface area contributed by atoms with E-state index in [1.165, 1.54) is 6.07 Å². The summed E-state index contributed by atoms with van der Waals surface area (Å²) in [6.45, 7) is 2.78. The van der Waals surface area contributed by atoms with Crippen molar-refractivity contribution in [3.8, 4) is 0 Å². The van der Waals surface area contributed by atoms with Gasteiger partial charge in [0.25, 0.3) is 0 Å². The maximum Gasteiger partial charge on any atom is 0.173 e. The van der Waals surface area contributed by atoms with Crippen molar-refractivity contribution in [2.24, 2.45) is 0 Å². The molecule has 0 fully saturated rings. The molecule has 0 atom stereocenters. The summed E-state index contributed by atoms with van der Waals surface area (Å²) < 4.78 is 28.1. The predicted molar refractivity (Wildman–Crippen MR) is 66.9 cm³/mol. The van der Waals surface area contributed by atoms with Crippen molar-refractivity contribution in [3.05, 3.63) is 53.6 Å². The highest BCUT2D eigenvalue weighted by atomic mass is 19.1. The van der Waals surface area contributed by atoms with Crippen molar-refractivity contribution in [3.63, 3.8) is 0 Å². The maximum atomic E-state index is 13.5. The lowest BCUT2D eigenvalue weighted by Gasteiger charge is -2.06. The van der Waals surface area contributed by atoms with Gasteiger partial charge in [0.05, 0.1) is 12.0 Å². The van der Waals surface area contributed by atoms with Gasteiger partial charge in [0, 0.05) is 25.0 Å². The molecule has 0 bridgehead atoms. The lowest BCUT2D eigenvalue weighted by atomic mass is 10.1. The third-order valence-corrected chi connectivity index (χ3v) is 2.82. The molecule has 1 heterocycles. The molecule has 19 heavy (non-hydrogen) atoms. The summed E-state index contributed by atoms with van der Waals surface area (Å²) in [5, 5.41) is 0. The number of nitrogens with zero attached hydrogens (tertiary/aromatic N) is 2. The Labute approximate surface area is 109 Å². The van der Waals surface area contributed by atoms with Gasteiger partial charge in [0.1, 0.15) is 17.5 Å². The highest BCUT2D eigenvalue weighted by molar-refractivity contribution is 5.97. The fourth-order valence-electron chi connectivity index (χ4n) is 1.91. The number of halogens is 2. The minimum Gasteiger partial charge on any atom is -0.335 e. The number of imidazole rings is 1. The zero-order valence-electron chi connectivity index (χ0n) is 10.6. The Morgan fingerprint density at radius 2 is 2.16 bits per heavy atom. The number of ketones is 1. The molecule has 0 aliphatic rings. The molecule has 2 aromatic rings. The molecular weight excluding hydrogens is 250 g/mol. The summed E-state index contributed by atoms with van der Waals surface area (Å²) in [7, 11) is 0. The van der Waals surface area contributed by atoms with Gasteiger partial charge < -0.3 is 4.57 Å². The predicted octanol–water partition coefficient (Wildman–Crippen LogP) is 3.00. The molecule has 0 amide bonds. The normalized spacial score (nSPS) is 10.7. The van der Waals surface area contributed by atoms with Crippen molar-refractivity contribution in [1.82, 2.24) is 9.55 Å². The minimum atomic E-state index is -0.835. The van der Waals surface area contributed by atoms with Gasteiger partial charge in [-0.2, -0.15) is 0 Å². The first-order chi connectivity index (χ1) is 9.11. The van der Waals surface area contributed by atoms with Gasteiger partial charge in [-0.3, -0.25) is 4.79 Å². The van der Waals surface area contributed by atoms with Gasteiger partial charge >= 0.3 is 0 Å². The number of Topliss-reactive ketones (excluding diaryl/α,β-unsaturated/α-hetero) is 1. The standard InChI is InChI=1S/C14H14F2N2O/c1-2-6-18-7-5-17-14(18)9-13(19)11-4-3-10(15)8-12(11)16/h3-5,7-8H,2,6,9H2,1H3. The largest absolute Gasteiger partial charge is 0.335 e. The summed E-state index contributed by atoms with van der Waals surface area (Å²) in [6.07, 6.45) is 4.32. The Kier molecular flexibility index (Phi) is 4.04. The van der Waals surface area contributed by atoms with Crippen LogP contribution >= 0.6 is 0 Å². The van der Waals surface area contributed by atoms with Gasteiger partial charge in [-0.25, -0.2) is 13.8 Å². The molecule has 0 N–H and O–H groups in total. The van der Waals surface area contributed by atoms with Crippen molar-refractivity contribution in [2.45, 2.75) is 26.3 Å². The molecule has 0 aliphatic carbocycles. The second-order valence-electron chi connectivity index (χ2n) is 4.26. The zero-order valence-corrected chi connectivity index (χ0v) is 10.6. The number of aryl methyl sites for hydroxylation is 1. The number of carbonyl (C=O) groups is 1. The van der Waals surface area contributed by atoms with E-state index in [0.29, 0.717) is 11.9 Å². The van der Waals surface area contributed by atoms with Crippen LogP contribution in [-0.4, -0.2) is 15.3 Å². The zero-order chi connectivity index (χ0) is 13.8. The third-order valence-electron chi connectivity index (χ3n) is 2.82. The Morgan fingerprint density at radius 3 is 2.84 bits per heavy atom.